The molecule has 2 N–H and O–H groups in total. The van der Waals surface area contributed by atoms with Crippen LogP contribution in [0.5, 0.6) is 5.75 Å². The van der Waals surface area contributed by atoms with Crippen molar-refractivity contribution in [2.24, 2.45) is 0 Å². The first-order chi connectivity index (χ1) is 9.01. The number of methoxy groups -OCH3 is 1. The molecule has 1 atom stereocenters. The maximum Gasteiger partial charge on any atom is 0.333 e. The Morgan fingerprint density at radius 3 is 2.74 bits per heavy atom. The van der Waals surface area contributed by atoms with E-state index in [0.717, 1.165) is 0 Å². The molecule has 104 valence electrons. The van der Waals surface area contributed by atoms with Gasteiger partial charge in [0.1, 0.15) is 11.7 Å². The number of para-hydroxylation sites is 1. The first-order valence-corrected chi connectivity index (χ1v) is 5.82. The second-order valence-electron chi connectivity index (χ2n) is 3.94. The number of rotatable bonds is 7. The van der Waals surface area contributed by atoms with E-state index in [1.807, 2.05) is 6.92 Å². The van der Waals surface area contributed by atoms with Gasteiger partial charge in [0, 0.05) is 0 Å². The fraction of sp³-hybridized carbons (Fsp3) is 0.417. The lowest BCUT2D eigenvalue weighted by Crippen LogP contribution is -2.29. The fourth-order valence-electron chi connectivity index (χ4n) is 1.73. The molecule has 7 nitrogen and oxygen atoms in total. The van der Waals surface area contributed by atoms with Crippen LogP contribution >= 0.6 is 0 Å². The Morgan fingerprint density at radius 1 is 1.58 bits per heavy atom. The summed E-state index contributed by atoms with van der Waals surface area (Å²) in [5, 5.41) is 22.8. The van der Waals surface area contributed by atoms with Crippen molar-refractivity contribution in [2.75, 3.05) is 12.4 Å². The van der Waals surface area contributed by atoms with Gasteiger partial charge >= 0.3 is 11.7 Å². The summed E-state index contributed by atoms with van der Waals surface area (Å²) >= 11 is 0. The fourth-order valence-corrected chi connectivity index (χ4v) is 1.73. The summed E-state index contributed by atoms with van der Waals surface area (Å²) in [6.07, 6.45) is 1.03. The van der Waals surface area contributed by atoms with Gasteiger partial charge in [-0.3, -0.25) is 10.1 Å². The van der Waals surface area contributed by atoms with Crippen LogP contribution in [0.1, 0.15) is 19.8 Å². The lowest BCUT2D eigenvalue weighted by Gasteiger charge is -2.15. The zero-order valence-electron chi connectivity index (χ0n) is 10.8. The normalized spacial score (nSPS) is 11.7. The van der Waals surface area contributed by atoms with E-state index in [-0.39, 0.29) is 17.1 Å². The summed E-state index contributed by atoms with van der Waals surface area (Å²) in [5.41, 5.74) is -0.113. The third kappa shape index (κ3) is 3.57. The van der Waals surface area contributed by atoms with E-state index in [1.165, 1.54) is 19.2 Å². The maximum absolute atomic E-state index is 11.1. The van der Waals surface area contributed by atoms with Crippen molar-refractivity contribution in [3.63, 3.8) is 0 Å². The van der Waals surface area contributed by atoms with E-state index in [1.54, 1.807) is 6.07 Å². The summed E-state index contributed by atoms with van der Waals surface area (Å²) in [6, 6.07) is 3.63. The SMILES string of the molecule is CCCC(Nc1cccc(OC)c1[N+](=O)[O-])C(=O)O. The van der Waals surface area contributed by atoms with Crippen LogP contribution in [0.3, 0.4) is 0 Å². The largest absolute Gasteiger partial charge is 0.490 e. The lowest BCUT2D eigenvalue weighted by molar-refractivity contribution is -0.384. The second-order valence-corrected chi connectivity index (χ2v) is 3.94. The van der Waals surface area contributed by atoms with E-state index in [9.17, 15) is 14.9 Å². The summed E-state index contributed by atoms with van der Waals surface area (Å²) in [4.78, 5) is 21.5. The van der Waals surface area contributed by atoms with Gasteiger partial charge in [-0.05, 0) is 18.6 Å². The molecule has 1 aromatic carbocycles. The zero-order chi connectivity index (χ0) is 14.4. The molecule has 0 bridgehead atoms. The Bertz CT molecular complexity index is 475. The van der Waals surface area contributed by atoms with Crippen LogP contribution in [0.2, 0.25) is 0 Å². The minimum Gasteiger partial charge on any atom is -0.490 e. The molecule has 0 amide bonds. The highest BCUT2D eigenvalue weighted by molar-refractivity contribution is 5.80. The highest BCUT2D eigenvalue weighted by atomic mass is 16.6. The predicted octanol–water partition coefficient (Wildman–Crippen LogP) is 2.27. The van der Waals surface area contributed by atoms with E-state index in [0.29, 0.717) is 12.8 Å². The number of nitro groups is 1. The van der Waals surface area contributed by atoms with Crippen molar-refractivity contribution < 1.29 is 19.6 Å². The first kappa shape index (κ1) is 14.7. The standard InChI is InChI=1S/C12H16N2O5/c1-3-5-9(12(15)16)13-8-6-4-7-10(19-2)11(8)14(17)18/h4,6-7,9,13H,3,5H2,1-2H3,(H,15,16). The predicted molar refractivity (Wildman–Crippen MR) is 69.6 cm³/mol. The van der Waals surface area contributed by atoms with Gasteiger partial charge in [-0.1, -0.05) is 19.4 Å². The van der Waals surface area contributed by atoms with E-state index >= 15 is 0 Å². The van der Waals surface area contributed by atoms with Crippen molar-refractivity contribution in [2.45, 2.75) is 25.8 Å². The van der Waals surface area contributed by atoms with Gasteiger partial charge in [0.05, 0.1) is 12.0 Å². The van der Waals surface area contributed by atoms with Gasteiger partial charge in [-0.15, -0.1) is 0 Å². The number of nitrogens with one attached hydrogen (secondary N) is 1. The molecule has 0 saturated carbocycles. The van der Waals surface area contributed by atoms with Crippen LogP contribution in [0.4, 0.5) is 11.4 Å². The van der Waals surface area contributed by atoms with Crippen LogP contribution < -0.4 is 10.1 Å². The average molecular weight is 268 g/mol. The third-order valence-electron chi connectivity index (χ3n) is 2.61. The highest BCUT2D eigenvalue weighted by Gasteiger charge is 2.24. The van der Waals surface area contributed by atoms with E-state index in [2.05, 4.69) is 5.32 Å². The highest BCUT2D eigenvalue weighted by Crippen LogP contribution is 2.35. The second kappa shape index (κ2) is 6.58. The lowest BCUT2D eigenvalue weighted by atomic mass is 10.1. The van der Waals surface area contributed by atoms with Crippen molar-refractivity contribution in [1.29, 1.82) is 0 Å². The van der Waals surface area contributed by atoms with Crippen LogP contribution in [0, 0.1) is 10.1 Å². The Kier molecular flexibility index (Phi) is 5.11. The molecule has 1 unspecified atom stereocenters. The molecule has 7 heteroatoms. The first-order valence-electron chi connectivity index (χ1n) is 5.82. The van der Waals surface area contributed by atoms with Gasteiger partial charge in [0.25, 0.3) is 0 Å². The molecule has 19 heavy (non-hydrogen) atoms. The molecule has 0 heterocycles. The minimum absolute atomic E-state index is 0.0932. The molecule has 0 aliphatic rings. The molecule has 0 saturated heterocycles. The van der Waals surface area contributed by atoms with Gasteiger partial charge in [0.15, 0.2) is 5.75 Å². The molecule has 1 rings (SSSR count). The van der Waals surface area contributed by atoms with Gasteiger partial charge in [-0.2, -0.15) is 0 Å². The molecule has 0 aromatic heterocycles. The third-order valence-corrected chi connectivity index (χ3v) is 2.61. The number of carbonyl (C=O) groups is 1. The number of carboxylic acid groups (broad SMARTS) is 1. The Hall–Kier alpha value is -2.31. The van der Waals surface area contributed by atoms with Crippen LogP contribution in [-0.4, -0.2) is 29.2 Å². The molecule has 0 aliphatic heterocycles. The summed E-state index contributed by atoms with van der Waals surface area (Å²) in [5.74, 6) is -0.949. The van der Waals surface area contributed by atoms with Crippen molar-refractivity contribution in [3.05, 3.63) is 28.3 Å². The molecule has 0 spiro atoms. The molecule has 0 aliphatic carbocycles. The van der Waals surface area contributed by atoms with E-state index in [4.69, 9.17) is 9.84 Å². The Labute approximate surface area is 110 Å². The Morgan fingerprint density at radius 2 is 2.26 bits per heavy atom. The number of anilines is 1. The molecule has 0 radical (unpaired) electrons. The number of nitro benzene ring substituents is 1. The number of hydrogen-bond donors (Lipinski definition) is 2. The molecular weight excluding hydrogens is 252 g/mol. The van der Waals surface area contributed by atoms with Gasteiger partial charge in [0.2, 0.25) is 0 Å². The monoisotopic (exact) mass is 268 g/mol. The Balaban J connectivity index is 3.12. The topological polar surface area (TPSA) is 102 Å². The smallest absolute Gasteiger partial charge is 0.333 e. The van der Waals surface area contributed by atoms with Gasteiger partial charge < -0.3 is 15.2 Å². The van der Waals surface area contributed by atoms with Crippen molar-refractivity contribution in [3.8, 4) is 5.75 Å². The number of carboxylic acids is 1. The number of hydrogen-bond acceptors (Lipinski definition) is 5. The quantitative estimate of drug-likeness (QED) is 0.581. The minimum atomic E-state index is -1.04. The molecule has 0 fully saturated rings. The number of aliphatic carboxylic acids is 1. The number of nitrogens with zero attached hydrogens (tertiary/aromatic N) is 1. The average Bonchev–Trinajstić information content (AvgIpc) is 2.37. The number of benzene rings is 1. The summed E-state index contributed by atoms with van der Waals surface area (Å²) in [6.45, 7) is 1.84. The number of ether oxygens (including phenoxy) is 1. The van der Waals surface area contributed by atoms with Gasteiger partial charge in [-0.25, -0.2) is 4.79 Å². The summed E-state index contributed by atoms with van der Waals surface area (Å²) in [7, 11) is 1.33. The zero-order valence-corrected chi connectivity index (χ0v) is 10.8. The van der Waals surface area contributed by atoms with Crippen LogP contribution in [-0.2, 0) is 4.79 Å². The van der Waals surface area contributed by atoms with E-state index < -0.39 is 16.9 Å². The molecule has 1 aromatic rings. The molecular formula is C12H16N2O5. The van der Waals surface area contributed by atoms with Crippen molar-refractivity contribution in [1.82, 2.24) is 0 Å². The van der Waals surface area contributed by atoms with Crippen LogP contribution in [0.25, 0.3) is 0 Å². The summed E-state index contributed by atoms with van der Waals surface area (Å²) < 4.78 is 4.92. The maximum atomic E-state index is 11.1. The van der Waals surface area contributed by atoms with Crippen molar-refractivity contribution >= 4 is 17.3 Å². The van der Waals surface area contributed by atoms with Crippen LogP contribution in [0.15, 0.2) is 18.2 Å².